The number of nitrogens with one attached hydrogen (secondary N) is 1. The Labute approximate surface area is 78.1 Å². The quantitative estimate of drug-likeness (QED) is 0.279. The molecule has 0 radical (unpaired) electrons. The topological polar surface area (TPSA) is 77.9 Å². The number of nitrogens with zero attached hydrogens (tertiary/aromatic N) is 3. The van der Waals surface area contributed by atoms with Crippen LogP contribution in [0.5, 0.6) is 0 Å². The molecule has 5 nitrogen and oxygen atoms in total. The summed E-state index contributed by atoms with van der Waals surface area (Å²) >= 11 is 0. The molecule has 0 aliphatic heterocycles. The minimum absolute atomic E-state index is 0.0859. The van der Waals surface area contributed by atoms with Gasteiger partial charge in [0.2, 0.25) is 5.91 Å². The van der Waals surface area contributed by atoms with E-state index in [1.807, 2.05) is 6.92 Å². The van der Waals surface area contributed by atoms with Crippen molar-refractivity contribution >= 4 is 5.91 Å². The first-order valence-corrected chi connectivity index (χ1v) is 4.58. The average molecular weight is 184 g/mol. The van der Waals surface area contributed by atoms with Gasteiger partial charge in [-0.05, 0) is 24.8 Å². The van der Waals surface area contributed by atoms with Crippen molar-refractivity contribution in [3.8, 4) is 0 Å². The average Bonchev–Trinajstić information content (AvgIpc) is 2.14. The van der Waals surface area contributed by atoms with Crippen molar-refractivity contribution in [1.29, 1.82) is 0 Å². The molecule has 1 amide bonds. The molecule has 0 heterocycles. The Morgan fingerprint density at radius 1 is 1.54 bits per heavy atom. The summed E-state index contributed by atoms with van der Waals surface area (Å²) < 4.78 is 0. The van der Waals surface area contributed by atoms with Gasteiger partial charge in [-0.25, -0.2) is 0 Å². The van der Waals surface area contributed by atoms with Gasteiger partial charge < -0.3 is 5.32 Å². The Morgan fingerprint density at radius 2 is 2.31 bits per heavy atom. The summed E-state index contributed by atoms with van der Waals surface area (Å²) in [7, 11) is 0. The minimum atomic E-state index is 0.0859. The summed E-state index contributed by atoms with van der Waals surface area (Å²) in [6, 6.07) is 0. The predicted molar refractivity (Wildman–Crippen MR) is 51.2 cm³/mol. The highest BCUT2D eigenvalue weighted by Crippen LogP contribution is 1.95. The van der Waals surface area contributed by atoms with Gasteiger partial charge >= 0.3 is 0 Å². The fraction of sp³-hybridized carbons (Fsp3) is 0.875. The van der Waals surface area contributed by atoms with Crippen LogP contribution in [0.15, 0.2) is 5.11 Å². The lowest BCUT2D eigenvalue weighted by atomic mass is 10.2. The molecule has 0 rings (SSSR count). The molecular weight excluding hydrogens is 168 g/mol. The number of carbonyl (C=O) groups is 1. The van der Waals surface area contributed by atoms with Crippen molar-refractivity contribution < 1.29 is 4.79 Å². The van der Waals surface area contributed by atoms with Gasteiger partial charge in [-0.1, -0.05) is 12.0 Å². The van der Waals surface area contributed by atoms with E-state index in [1.165, 1.54) is 0 Å². The van der Waals surface area contributed by atoms with Crippen LogP contribution in [0, 0.1) is 0 Å². The summed E-state index contributed by atoms with van der Waals surface area (Å²) in [5.74, 6) is 0.0859. The first kappa shape index (κ1) is 11.8. The number of amides is 1. The van der Waals surface area contributed by atoms with E-state index in [9.17, 15) is 4.79 Å². The van der Waals surface area contributed by atoms with Crippen LogP contribution < -0.4 is 5.32 Å². The van der Waals surface area contributed by atoms with Gasteiger partial charge in [0.15, 0.2) is 0 Å². The molecule has 0 aliphatic rings. The summed E-state index contributed by atoms with van der Waals surface area (Å²) in [5.41, 5.74) is 7.97. The Bertz CT molecular complexity index is 187. The van der Waals surface area contributed by atoms with E-state index < -0.39 is 0 Å². The van der Waals surface area contributed by atoms with E-state index in [0.717, 1.165) is 25.8 Å². The van der Waals surface area contributed by atoms with Crippen LogP contribution in [0.4, 0.5) is 0 Å². The van der Waals surface area contributed by atoms with Crippen molar-refractivity contribution in [2.24, 2.45) is 5.11 Å². The van der Waals surface area contributed by atoms with Gasteiger partial charge in [0.05, 0.1) is 0 Å². The smallest absolute Gasteiger partial charge is 0.219 e. The molecule has 0 aromatic heterocycles. The molecule has 13 heavy (non-hydrogen) atoms. The lowest BCUT2D eigenvalue weighted by Crippen LogP contribution is -2.23. The van der Waals surface area contributed by atoms with Gasteiger partial charge in [-0.2, -0.15) is 0 Å². The lowest BCUT2D eigenvalue weighted by molar-refractivity contribution is -0.121. The van der Waals surface area contributed by atoms with Crippen LogP contribution in [0.3, 0.4) is 0 Å². The first-order valence-electron chi connectivity index (χ1n) is 4.58. The number of hydrogen-bond donors (Lipinski definition) is 1. The fourth-order valence-corrected chi connectivity index (χ4v) is 0.866. The van der Waals surface area contributed by atoms with Crippen molar-refractivity contribution in [1.82, 2.24) is 5.32 Å². The van der Waals surface area contributed by atoms with Crippen molar-refractivity contribution in [2.45, 2.75) is 32.6 Å². The van der Waals surface area contributed by atoms with E-state index in [1.54, 1.807) is 0 Å². The third kappa shape index (κ3) is 8.69. The second-order valence-corrected chi connectivity index (χ2v) is 2.76. The molecule has 1 N–H and O–H groups in total. The normalized spacial score (nSPS) is 9.00. The van der Waals surface area contributed by atoms with Gasteiger partial charge in [0, 0.05) is 24.4 Å². The highest BCUT2D eigenvalue weighted by molar-refractivity contribution is 5.75. The Hall–Kier alpha value is -1.22. The summed E-state index contributed by atoms with van der Waals surface area (Å²) in [5, 5.41) is 6.16. The molecule has 0 aromatic rings. The first-order chi connectivity index (χ1) is 6.31. The van der Waals surface area contributed by atoms with Crippen LogP contribution >= 0.6 is 0 Å². The molecule has 0 bridgehead atoms. The number of carbonyl (C=O) groups excluding carboxylic acids is 1. The highest BCUT2D eigenvalue weighted by Gasteiger charge is 1.97. The highest BCUT2D eigenvalue weighted by atomic mass is 16.1. The van der Waals surface area contributed by atoms with E-state index in [4.69, 9.17) is 5.53 Å². The molecule has 0 aromatic carbocycles. The molecule has 0 atom stereocenters. The third-order valence-corrected chi connectivity index (χ3v) is 1.55. The maximum atomic E-state index is 11.0. The fourth-order valence-electron chi connectivity index (χ4n) is 0.866. The SMILES string of the molecule is CCCNC(=O)CCCCN=[N+]=[N-]. The van der Waals surface area contributed by atoms with E-state index in [0.29, 0.717) is 13.0 Å². The van der Waals surface area contributed by atoms with Gasteiger partial charge in [0.25, 0.3) is 0 Å². The molecule has 0 saturated heterocycles. The standard InChI is InChI=1S/C8H16N4O/c1-2-6-10-8(13)5-3-4-7-11-12-9/h2-7H2,1H3,(H,10,13). The van der Waals surface area contributed by atoms with Crippen LogP contribution in [0.2, 0.25) is 0 Å². The molecular formula is C8H16N4O. The molecule has 74 valence electrons. The van der Waals surface area contributed by atoms with Gasteiger partial charge in [-0.3, -0.25) is 4.79 Å². The van der Waals surface area contributed by atoms with Gasteiger partial charge in [-0.15, -0.1) is 0 Å². The van der Waals surface area contributed by atoms with Crippen molar-refractivity contribution in [3.05, 3.63) is 10.4 Å². The largest absolute Gasteiger partial charge is 0.356 e. The van der Waals surface area contributed by atoms with Crippen molar-refractivity contribution in [2.75, 3.05) is 13.1 Å². The maximum absolute atomic E-state index is 11.0. The molecule has 0 fully saturated rings. The maximum Gasteiger partial charge on any atom is 0.219 e. The predicted octanol–water partition coefficient (Wildman–Crippen LogP) is 1.99. The zero-order valence-electron chi connectivity index (χ0n) is 7.99. The summed E-state index contributed by atoms with van der Waals surface area (Å²) in [4.78, 5) is 13.6. The minimum Gasteiger partial charge on any atom is -0.356 e. The van der Waals surface area contributed by atoms with Gasteiger partial charge in [0.1, 0.15) is 0 Å². The number of unbranched alkanes of at least 4 members (excludes halogenated alkanes) is 1. The Balaban J connectivity index is 3.21. The summed E-state index contributed by atoms with van der Waals surface area (Å²) in [6.45, 7) is 3.24. The van der Waals surface area contributed by atoms with E-state index in [2.05, 4.69) is 15.3 Å². The zero-order valence-corrected chi connectivity index (χ0v) is 7.99. The monoisotopic (exact) mass is 184 g/mol. The Morgan fingerprint density at radius 3 is 2.92 bits per heavy atom. The lowest BCUT2D eigenvalue weighted by Gasteiger charge is -2.01. The molecule has 0 unspecified atom stereocenters. The second-order valence-electron chi connectivity index (χ2n) is 2.76. The molecule has 5 heteroatoms. The third-order valence-electron chi connectivity index (χ3n) is 1.55. The van der Waals surface area contributed by atoms with Crippen LogP contribution in [-0.2, 0) is 4.79 Å². The number of rotatable bonds is 7. The molecule has 0 aliphatic carbocycles. The van der Waals surface area contributed by atoms with Crippen molar-refractivity contribution in [3.63, 3.8) is 0 Å². The molecule has 0 spiro atoms. The number of azide groups is 1. The van der Waals surface area contributed by atoms with E-state index >= 15 is 0 Å². The Kier molecular flexibility index (Phi) is 8.04. The van der Waals surface area contributed by atoms with E-state index in [-0.39, 0.29) is 5.91 Å². The number of hydrogen-bond acceptors (Lipinski definition) is 2. The summed E-state index contributed by atoms with van der Waals surface area (Å²) in [6.07, 6.45) is 3.06. The van der Waals surface area contributed by atoms with Crippen LogP contribution in [0.25, 0.3) is 10.4 Å². The van der Waals surface area contributed by atoms with Crippen LogP contribution in [0.1, 0.15) is 32.6 Å². The van der Waals surface area contributed by atoms with Crippen LogP contribution in [-0.4, -0.2) is 19.0 Å². The molecule has 0 saturated carbocycles. The second kappa shape index (κ2) is 8.87. The zero-order chi connectivity index (χ0) is 9.94.